The van der Waals surface area contributed by atoms with Gasteiger partial charge in [0, 0.05) is 12.3 Å². The Morgan fingerprint density at radius 2 is 1.57 bits per heavy atom. The second kappa shape index (κ2) is 7.47. The second-order valence-corrected chi connectivity index (χ2v) is 12.2. The molecule has 0 bridgehead atoms. The van der Waals surface area contributed by atoms with E-state index in [0.29, 0.717) is 44.9 Å². The lowest BCUT2D eigenvalue weighted by Crippen LogP contribution is -2.46. The van der Waals surface area contributed by atoms with E-state index in [4.69, 9.17) is 0 Å². The molecule has 0 heterocycles. The lowest BCUT2D eigenvalue weighted by Gasteiger charge is -2.32. The fraction of sp³-hybridized carbons (Fsp3) is 1.00. The summed E-state index contributed by atoms with van der Waals surface area (Å²) in [4.78, 5) is 0. The Labute approximate surface area is 140 Å². The fourth-order valence-electron chi connectivity index (χ4n) is 3.54. The predicted molar refractivity (Wildman–Crippen MR) is 89.8 cm³/mol. The summed E-state index contributed by atoms with van der Waals surface area (Å²) >= 11 is -1.94. The number of hydrogen-bond donors (Lipinski definition) is 2. The van der Waals surface area contributed by atoms with Gasteiger partial charge in [0.25, 0.3) is 0 Å². The maximum absolute atomic E-state index is 12.6. The summed E-state index contributed by atoms with van der Waals surface area (Å²) in [6.07, 6.45) is 5.18. The number of hydrogen-bond acceptors (Lipinski definition) is 5. The molecule has 0 saturated heterocycles. The lowest BCUT2D eigenvalue weighted by molar-refractivity contribution is 0.396. The summed E-state index contributed by atoms with van der Waals surface area (Å²) in [7, 11) is -6.86. The van der Waals surface area contributed by atoms with Crippen molar-refractivity contribution in [2.75, 3.05) is 6.26 Å². The molecule has 0 aliphatic heterocycles. The standard InChI is InChI=1S/C13H25NO6S3/c1-22(17,18)12-6-3-7-13(9-12)23(19,20)14-10-4-2-5-11(8-10)21(15)16/h10-14H,2-9H2,1H3,(H,15,16). The van der Waals surface area contributed by atoms with Crippen LogP contribution in [0.1, 0.15) is 51.4 Å². The van der Waals surface area contributed by atoms with Gasteiger partial charge in [0.1, 0.15) is 9.84 Å². The van der Waals surface area contributed by atoms with Crippen molar-refractivity contribution < 1.29 is 25.6 Å². The summed E-state index contributed by atoms with van der Waals surface area (Å²) in [5.74, 6) is 0. The third-order valence-electron chi connectivity index (χ3n) is 4.86. The first kappa shape index (κ1) is 19.3. The number of rotatable bonds is 5. The van der Waals surface area contributed by atoms with E-state index in [1.165, 1.54) is 0 Å². The normalized spacial score (nSPS) is 34.9. The molecule has 0 aromatic carbocycles. The van der Waals surface area contributed by atoms with E-state index in [2.05, 4.69) is 4.72 Å². The Kier molecular flexibility index (Phi) is 6.26. The van der Waals surface area contributed by atoms with E-state index in [-0.39, 0.29) is 12.5 Å². The highest BCUT2D eigenvalue weighted by molar-refractivity contribution is 7.91. The molecule has 0 radical (unpaired) electrons. The van der Waals surface area contributed by atoms with Crippen LogP contribution < -0.4 is 4.72 Å². The van der Waals surface area contributed by atoms with Crippen LogP contribution in [0.5, 0.6) is 0 Å². The second-order valence-electron chi connectivity index (χ2n) is 6.66. The van der Waals surface area contributed by atoms with Crippen molar-refractivity contribution in [3.05, 3.63) is 0 Å². The molecule has 0 spiro atoms. The molecule has 2 rings (SSSR count). The van der Waals surface area contributed by atoms with Crippen LogP contribution in [0, 0.1) is 0 Å². The van der Waals surface area contributed by atoms with E-state index >= 15 is 0 Å². The Morgan fingerprint density at radius 1 is 0.957 bits per heavy atom. The van der Waals surface area contributed by atoms with Crippen LogP contribution in [-0.2, 0) is 30.9 Å². The Bertz CT molecular complexity index is 645. The van der Waals surface area contributed by atoms with Crippen LogP contribution in [-0.4, -0.2) is 53.6 Å². The highest BCUT2D eigenvalue weighted by Crippen LogP contribution is 2.29. The van der Waals surface area contributed by atoms with E-state index in [1.807, 2.05) is 0 Å². The first-order chi connectivity index (χ1) is 10.6. The smallest absolute Gasteiger partial charge is 0.214 e. The van der Waals surface area contributed by atoms with Gasteiger partial charge in [0.05, 0.1) is 15.7 Å². The SMILES string of the molecule is CS(=O)(=O)C1CCCC(S(=O)(=O)NC2CCCC(S(=O)O)C2)C1. The van der Waals surface area contributed by atoms with Crippen molar-refractivity contribution in [1.82, 2.24) is 4.72 Å². The molecule has 2 aliphatic rings. The van der Waals surface area contributed by atoms with Crippen LogP contribution in [0.15, 0.2) is 0 Å². The van der Waals surface area contributed by atoms with Crippen LogP contribution in [0.25, 0.3) is 0 Å². The molecule has 10 heteroatoms. The molecule has 0 aromatic rings. The van der Waals surface area contributed by atoms with Crippen molar-refractivity contribution in [3.8, 4) is 0 Å². The summed E-state index contributed by atoms with van der Waals surface area (Å²) in [6, 6.07) is -0.339. The quantitative estimate of drug-likeness (QED) is 0.674. The third-order valence-corrected chi connectivity index (χ3v) is 9.47. The molecular formula is C13H25NO6S3. The maximum Gasteiger partial charge on any atom is 0.214 e. The molecule has 2 N–H and O–H groups in total. The monoisotopic (exact) mass is 387 g/mol. The van der Waals surface area contributed by atoms with Gasteiger partial charge < -0.3 is 4.55 Å². The van der Waals surface area contributed by atoms with E-state index in [9.17, 15) is 25.6 Å². The number of nitrogens with one attached hydrogen (secondary N) is 1. The van der Waals surface area contributed by atoms with Gasteiger partial charge in [-0.3, -0.25) is 0 Å². The predicted octanol–water partition coefficient (Wildman–Crippen LogP) is 0.795. The molecule has 2 aliphatic carbocycles. The molecular weight excluding hydrogens is 362 g/mol. The highest BCUT2D eigenvalue weighted by atomic mass is 32.2. The molecule has 0 aromatic heterocycles. The molecule has 136 valence electrons. The van der Waals surface area contributed by atoms with Gasteiger partial charge in [-0.05, 0) is 38.5 Å². The van der Waals surface area contributed by atoms with Crippen molar-refractivity contribution in [3.63, 3.8) is 0 Å². The fourth-order valence-corrected chi connectivity index (χ4v) is 7.43. The zero-order valence-corrected chi connectivity index (χ0v) is 15.6. The average Bonchev–Trinajstić information content (AvgIpc) is 2.46. The van der Waals surface area contributed by atoms with Crippen molar-refractivity contribution >= 4 is 30.9 Å². The van der Waals surface area contributed by atoms with E-state index < -0.39 is 46.7 Å². The third kappa shape index (κ3) is 5.22. The van der Waals surface area contributed by atoms with Crippen LogP contribution >= 0.6 is 0 Å². The summed E-state index contributed by atoms with van der Waals surface area (Å²) in [6.45, 7) is 0. The molecule has 5 unspecified atom stereocenters. The lowest BCUT2D eigenvalue weighted by atomic mass is 9.96. The topological polar surface area (TPSA) is 118 Å². The van der Waals surface area contributed by atoms with Gasteiger partial charge in [0.15, 0.2) is 11.1 Å². The minimum Gasteiger partial charge on any atom is -0.306 e. The zero-order chi connectivity index (χ0) is 17.3. The summed E-state index contributed by atoms with van der Waals surface area (Å²) in [5.41, 5.74) is 0. The summed E-state index contributed by atoms with van der Waals surface area (Å²) < 4.78 is 71.5. The minimum atomic E-state index is -3.62. The molecule has 23 heavy (non-hydrogen) atoms. The van der Waals surface area contributed by atoms with Gasteiger partial charge in [-0.1, -0.05) is 12.8 Å². The first-order valence-corrected chi connectivity index (χ1v) is 12.6. The van der Waals surface area contributed by atoms with Crippen molar-refractivity contribution in [1.29, 1.82) is 0 Å². The van der Waals surface area contributed by atoms with Crippen LogP contribution in [0.3, 0.4) is 0 Å². The molecule has 7 nitrogen and oxygen atoms in total. The van der Waals surface area contributed by atoms with Gasteiger partial charge in [0.2, 0.25) is 10.0 Å². The summed E-state index contributed by atoms with van der Waals surface area (Å²) in [5, 5.41) is -1.69. The van der Waals surface area contributed by atoms with E-state index in [1.54, 1.807) is 0 Å². The van der Waals surface area contributed by atoms with Gasteiger partial charge >= 0.3 is 0 Å². The zero-order valence-electron chi connectivity index (χ0n) is 13.2. The average molecular weight is 388 g/mol. The van der Waals surface area contributed by atoms with Crippen molar-refractivity contribution in [2.24, 2.45) is 0 Å². The largest absolute Gasteiger partial charge is 0.306 e. The maximum atomic E-state index is 12.6. The first-order valence-electron chi connectivity index (χ1n) is 7.89. The van der Waals surface area contributed by atoms with Gasteiger partial charge in [-0.25, -0.2) is 25.8 Å². The number of sulfone groups is 1. The Balaban J connectivity index is 2.02. The van der Waals surface area contributed by atoms with Crippen LogP contribution in [0.2, 0.25) is 0 Å². The van der Waals surface area contributed by atoms with Crippen molar-refractivity contribution in [2.45, 2.75) is 73.2 Å². The van der Waals surface area contributed by atoms with Crippen LogP contribution in [0.4, 0.5) is 0 Å². The molecule has 2 saturated carbocycles. The highest BCUT2D eigenvalue weighted by Gasteiger charge is 2.37. The van der Waals surface area contributed by atoms with E-state index in [0.717, 1.165) is 6.26 Å². The minimum absolute atomic E-state index is 0.135. The molecule has 0 amide bonds. The Hall–Kier alpha value is -0.0300. The Morgan fingerprint density at radius 3 is 2.17 bits per heavy atom. The number of sulfonamides is 1. The van der Waals surface area contributed by atoms with Gasteiger partial charge in [-0.15, -0.1) is 0 Å². The van der Waals surface area contributed by atoms with Gasteiger partial charge in [-0.2, -0.15) is 0 Å². The molecule has 2 fully saturated rings. The molecule has 5 atom stereocenters.